The van der Waals surface area contributed by atoms with Gasteiger partial charge in [0.15, 0.2) is 18.3 Å². The maximum atomic E-state index is 12.4. The van der Waals surface area contributed by atoms with E-state index in [2.05, 4.69) is 4.98 Å². The standard InChI is InChI=1S/C19H15N3O5S/c1-10-9-28-16(21-10)14(7-20)15(23)8-27-19(26)11(2)22-17(24)12-5-3-4-6-13(12)18(22)25/h3-6,9,11,14H,8H2,1-2H3/t11-,14+/m1/s1. The smallest absolute Gasteiger partial charge is 0.329 e. The van der Waals surface area contributed by atoms with Gasteiger partial charge in [-0.3, -0.25) is 19.3 Å². The van der Waals surface area contributed by atoms with Gasteiger partial charge in [0, 0.05) is 11.1 Å². The van der Waals surface area contributed by atoms with Crippen LogP contribution in [0.2, 0.25) is 0 Å². The predicted molar refractivity (Wildman–Crippen MR) is 97.6 cm³/mol. The molecule has 0 saturated carbocycles. The molecule has 0 radical (unpaired) electrons. The summed E-state index contributed by atoms with van der Waals surface area (Å²) in [6.07, 6.45) is 0. The number of nitrogens with zero attached hydrogens (tertiary/aromatic N) is 3. The normalized spacial score (nSPS) is 15.0. The van der Waals surface area contributed by atoms with Crippen molar-refractivity contribution in [2.24, 2.45) is 0 Å². The average Bonchev–Trinajstić information content (AvgIpc) is 3.22. The molecule has 3 rings (SSSR count). The first-order valence-corrected chi connectivity index (χ1v) is 9.21. The first kappa shape index (κ1) is 19.4. The van der Waals surface area contributed by atoms with Crippen LogP contribution in [0, 0.1) is 18.3 Å². The van der Waals surface area contributed by atoms with E-state index in [9.17, 15) is 24.4 Å². The number of nitriles is 1. The molecular formula is C19H15N3O5S. The molecule has 28 heavy (non-hydrogen) atoms. The van der Waals surface area contributed by atoms with Crippen molar-refractivity contribution in [3.05, 3.63) is 51.5 Å². The molecule has 0 N–H and O–H groups in total. The third kappa shape index (κ3) is 3.42. The highest BCUT2D eigenvalue weighted by molar-refractivity contribution is 7.09. The summed E-state index contributed by atoms with van der Waals surface area (Å²) in [5.74, 6) is -3.86. The molecule has 142 valence electrons. The van der Waals surface area contributed by atoms with Crippen LogP contribution in [0.3, 0.4) is 0 Å². The summed E-state index contributed by atoms with van der Waals surface area (Å²) >= 11 is 1.17. The second-order valence-corrected chi connectivity index (χ2v) is 7.05. The highest BCUT2D eigenvalue weighted by atomic mass is 32.1. The molecule has 1 aliphatic heterocycles. The van der Waals surface area contributed by atoms with Crippen LogP contribution in [0.25, 0.3) is 0 Å². The molecule has 2 amide bonds. The largest absolute Gasteiger partial charge is 0.456 e. The Kier molecular flexibility index (Phi) is 5.33. The molecule has 2 aromatic rings. The predicted octanol–water partition coefficient (Wildman–Crippen LogP) is 1.86. The number of hydrogen-bond acceptors (Lipinski definition) is 8. The number of carbonyl (C=O) groups is 4. The molecule has 1 aliphatic rings. The second-order valence-electron chi connectivity index (χ2n) is 6.17. The Morgan fingerprint density at radius 3 is 2.36 bits per heavy atom. The van der Waals surface area contributed by atoms with Crippen molar-refractivity contribution in [2.75, 3.05) is 6.61 Å². The minimum absolute atomic E-state index is 0.215. The van der Waals surface area contributed by atoms with Crippen molar-refractivity contribution in [3.8, 4) is 6.07 Å². The number of benzene rings is 1. The van der Waals surface area contributed by atoms with Crippen LogP contribution in [-0.4, -0.2) is 46.1 Å². The topological polar surface area (TPSA) is 117 Å². The number of aromatic nitrogens is 1. The molecule has 9 heteroatoms. The van der Waals surface area contributed by atoms with Crippen LogP contribution in [0.15, 0.2) is 29.6 Å². The number of fused-ring (bicyclic) bond motifs is 1. The zero-order chi connectivity index (χ0) is 20.4. The fourth-order valence-corrected chi connectivity index (χ4v) is 3.64. The highest BCUT2D eigenvalue weighted by Gasteiger charge is 2.41. The van der Waals surface area contributed by atoms with Gasteiger partial charge in [-0.1, -0.05) is 12.1 Å². The van der Waals surface area contributed by atoms with Gasteiger partial charge in [-0.25, -0.2) is 9.78 Å². The number of amides is 2. The van der Waals surface area contributed by atoms with E-state index in [4.69, 9.17) is 4.74 Å². The third-order valence-corrected chi connectivity index (χ3v) is 5.27. The van der Waals surface area contributed by atoms with Crippen molar-refractivity contribution in [1.29, 1.82) is 5.26 Å². The lowest BCUT2D eigenvalue weighted by Gasteiger charge is -2.20. The van der Waals surface area contributed by atoms with E-state index < -0.39 is 42.1 Å². The first-order valence-electron chi connectivity index (χ1n) is 8.33. The molecule has 0 bridgehead atoms. The van der Waals surface area contributed by atoms with Gasteiger partial charge in [0.05, 0.1) is 17.2 Å². The fraction of sp³-hybridized carbons (Fsp3) is 0.263. The van der Waals surface area contributed by atoms with Crippen LogP contribution in [-0.2, 0) is 14.3 Å². The van der Waals surface area contributed by atoms with E-state index in [-0.39, 0.29) is 11.1 Å². The summed E-state index contributed by atoms with van der Waals surface area (Å²) in [5.41, 5.74) is 1.11. The quantitative estimate of drug-likeness (QED) is 0.539. The van der Waals surface area contributed by atoms with Gasteiger partial charge in [-0.15, -0.1) is 11.3 Å². The maximum absolute atomic E-state index is 12.4. The number of thiazole rings is 1. The van der Waals surface area contributed by atoms with Crippen molar-refractivity contribution in [3.63, 3.8) is 0 Å². The van der Waals surface area contributed by atoms with E-state index in [1.165, 1.54) is 30.4 Å². The van der Waals surface area contributed by atoms with Gasteiger partial charge in [0.25, 0.3) is 11.8 Å². The molecule has 0 aliphatic carbocycles. The zero-order valence-corrected chi connectivity index (χ0v) is 15.9. The molecule has 8 nitrogen and oxygen atoms in total. The molecule has 0 saturated heterocycles. The molecule has 0 unspecified atom stereocenters. The van der Waals surface area contributed by atoms with E-state index in [0.29, 0.717) is 10.7 Å². The van der Waals surface area contributed by atoms with Gasteiger partial charge in [-0.05, 0) is 26.0 Å². The molecule has 2 heterocycles. The summed E-state index contributed by atoms with van der Waals surface area (Å²) in [5, 5.41) is 11.3. The minimum atomic E-state index is -1.21. The Balaban J connectivity index is 1.65. The van der Waals surface area contributed by atoms with Crippen molar-refractivity contribution >= 4 is 34.9 Å². The Hall–Kier alpha value is -3.38. The van der Waals surface area contributed by atoms with Crippen LogP contribution in [0.1, 0.15) is 44.3 Å². The van der Waals surface area contributed by atoms with Crippen LogP contribution in [0.4, 0.5) is 0 Å². The lowest BCUT2D eigenvalue weighted by atomic mass is 10.1. The van der Waals surface area contributed by atoms with Gasteiger partial charge in [0.1, 0.15) is 11.0 Å². The van der Waals surface area contributed by atoms with Crippen LogP contribution >= 0.6 is 11.3 Å². The molecule has 2 atom stereocenters. The summed E-state index contributed by atoms with van der Waals surface area (Å²) in [7, 11) is 0. The Morgan fingerprint density at radius 1 is 1.25 bits per heavy atom. The number of ketones is 1. The summed E-state index contributed by atoms with van der Waals surface area (Å²) in [4.78, 5) is 54.3. The molecule has 1 aromatic heterocycles. The average molecular weight is 397 g/mol. The maximum Gasteiger partial charge on any atom is 0.329 e. The fourth-order valence-electron chi connectivity index (χ4n) is 2.78. The summed E-state index contributed by atoms with van der Waals surface area (Å²) in [6, 6.07) is 6.90. The number of Topliss-reactive ketones (excluding diaryl/α,β-unsaturated/α-hetero) is 1. The van der Waals surface area contributed by atoms with Gasteiger partial charge in [-0.2, -0.15) is 5.26 Å². The number of esters is 1. The van der Waals surface area contributed by atoms with Gasteiger partial charge >= 0.3 is 5.97 Å². The Bertz CT molecular complexity index is 988. The highest BCUT2D eigenvalue weighted by Crippen LogP contribution is 2.25. The molecular weight excluding hydrogens is 382 g/mol. The van der Waals surface area contributed by atoms with E-state index in [1.807, 2.05) is 6.07 Å². The SMILES string of the molecule is Cc1csc([C@@H](C#N)C(=O)COC(=O)[C@@H](C)N2C(=O)c3ccccc3C2=O)n1. The van der Waals surface area contributed by atoms with E-state index in [1.54, 1.807) is 24.4 Å². The molecule has 1 aromatic carbocycles. The second kappa shape index (κ2) is 7.70. The number of aryl methyl sites for hydroxylation is 1. The zero-order valence-electron chi connectivity index (χ0n) is 15.0. The minimum Gasteiger partial charge on any atom is -0.456 e. The Labute approximate surface area is 164 Å². The van der Waals surface area contributed by atoms with Crippen molar-refractivity contribution in [1.82, 2.24) is 9.88 Å². The lowest BCUT2D eigenvalue weighted by molar-refractivity contribution is -0.151. The summed E-state index contributed by atoms with van der Waals surface area (Å²) in [6.45, 7) is 2.44. The number of ether oxygens (including phenoxy) is 1. The van der Waals surface area contributed by atoms with E-state index >= 15 is 0 Å². The molecule has 0 spiro atoms. The van der Waals surface area contributed by atoms with Gasteiger partial charge < -0.3 is 4.74 Å². The molecule has 0 fully saturated rings. The van der Waals surface area contributed by atoms with Crippen molar-refractivity contribution in [2.45, 2.75) is 25.8 Å². The number of hydrogen-bond donors (Lipinski definition) is 0. The number of rotatable bonds is 6. The van der Waals surface area contributed by atoms with Crippen LogP contribution < -0.4 is 0 Å². The summed E-state index contributed by atoms with van der Waals surface area (Å²) < 4.78 is 4.98. The van der Waals surface area contributed by atoms with E-state index in [0.717, 1.165) is 4.90 Å². The van der Waals surface area contributed by atoms with Crippen molar-refractivity contribution < 1.29 is 23.9 Å². The van der Waals surface area contributed by atoms with Gasteiger partial charge in [0.2, 0.25) is 0 Å². The van der Waals surface area contributed by atoms with Crippen LogP contribution in [0.5, 0.6) is 0 Å². The first-order chi connectivity index (χ1) is 13.3. The third-order valence-electron chi connectivity index (χ3n) is 4.25. The number of imide groups is 1. The monoisotopic (exact) mass is 397 g/mol. The number of carbonyl (C=O) groups excluding carboxylic acids is 4. The lowest BCUT2D eigenvalue weighted by Crippen LogP contribution is -2.44. The Morgan fingerprint density at radius 2 is 1.86 bits per heavy atom.